The first-order valence-electron chi connectivity index (χ1n) is 8.55. The smallest absolute Gasteiger partial charge is 0.0161 e. The van der Waals surface area contributed by atoms with E-state index >= 15 is 0 Å². The topological polar surface area (TPSA) is 12.0 Å². The fraction of sp³-hybridized carbons (Fsp3) is 0.889. The van der Waals surface area contributed by atoms with E-state index in [1.165, 1.54) is 44.9 Å². The maximum atomic E-state index is 3.78. The van der Waals surface area contributed by atoms with Crippen molar-refractivity contribution < 1.29 is 0 Å². The van der Waals surface area contributed by atoms with Crippen LogP contribution in [-0.2, 0) is 0 Å². The molecular formula is C18H29N. The lowest BCUT2D eigenvalue weighted by atomic mass is 9.49. The van der Waals surface area contributed by atoms with Crippen LogP contribution in [0.4, 0.5) is 0 Å². The molecule has 0 amide bonds. The van der Waals surface area contributed by atoms with Gasteiger partial charge in [0.15, 0.2) is 0 Å². The third-order valence-electron chi connectivity index (χ3n) is 7.52. The van der Waals surface area contributed by atoms with Crippen LogP contribution in [0.15, 0.2) is 12.2 Å². The lowest BCUT2D eigenvalue weighted by Gasteiger charge is -2.58. The van der Waals surface area contributed by atoms with Gasteiger partial charge in [-0.2, -0.15) is 0 Å². The summed E-state index contributed by atoms with van der Waals surface area (Å²) in [5.74, 6) is 3.01. The summed E-state index contributed by atoms with van der Waals surface area (Å²) in [6, 6.07) is 0.754. The van der Waals surface area contributed by atoms with Gasteiger partial charge in [-0.05, 0) is 61.7 Å². The molecule has 1 N–H and O–H groups in total. The first kappa shape index (κ1) is 12.4. The predicted molar refractivity (Wildman–Crippen MR) is 79.9 cm³/mol. The lowest BCUT2D eigenvalue weighted by molar-refractivity contribution is -0.0529. The SMILES string of the molecule is C[C@@]12CCC[C@H]1[C@@H]1CC[C@H]3NCC=C[C@]3(C)[C@H]1CC2. The molecule has 1 nitrogen and oxygen atoms in total. The molecule has 0 unspecified atom stereocenters. The van der Waals surface area contributed by atoms with Crippen LogP contribution in [0.5, 0.6) is 0 Å². The summed E-state index contributed by atoms with van der Waals surface area (Å²) in [5, 5.41) is 3.78. The van der Waals surface area contributed by atoms with E-state index in [1.807, 2.05) is 0 Å². The van der Waals surface area contributed by atoms with Crippen LogP contribution in [0.25, 0.3) is 0 Å². The minimum Gasteiger partial charge on any atom is -0.310 e. The molecule has 3 aliphatic carbocycles. The zero-order valence-corrected chi connectivity index (χ0v) is 12.6. The molecule has 4 aliphatic rings. The Morgan fingerprint density at radius 3 is 2.79 bits per heavy atom. The lowest BCUT2D eigenvalue weighted by Crippen LogP contribution is -2.57. The maximum Gasteiger partial charge on any atom is 0.0161 e. The molecule has 1 heteroatoms. The molecule has 6 atom stereocenters. The largest absolute Gasteiger partial charge is 0.310 e. The highest BCUT2D eigenvalue weighted by molar-refractivity contribution is 5.17. The van der Waals surface area contributed by atoms with Crippen LogP contribution >= 0.6 is 0 Å². The summed E-state index contributed by atoms with van der Waals surface area (Å²) in [6.45, 7) is 6.25. The fourth-order valence-corrected chi connectivity index (χ4v) is 6.47. The molecule has 1 aliphatic heterocycles. The van der Waals surface area contributed by atoms with E-state index in [9.17, 15) is 0 Å². The molecule has 0 spiro atoms. The average molecular weight is 259 g/mol. The van der Waals surface area contributed by atoms with Crippen molar-refractivity contribution in [2.75, 3.05) is 6.54 Å². The van der Waals surface area contributed by atoms with Crippen LogP contribution in [0.3, 0.4) is 0 Å². The number of rotatable bonds is 0. The zero-order valence-electron chi connectivity index (χ0n) is 12.6. The quantitative estimate of drug-likeness (QED) is 0.645. The van der Waals surface area contributed by atoms with E-state index in [4.69, 9.17) is 0 Å². The summed E-state index contributed by atoms with van der Waals surface area (Å²) in [7, 11) is 0. The van der Waals surface area contributed by atoms with Gasteiger partial charge in [0, 0.05) is 18.0 Å². The van der Waals surface area contributed by atoms with Crippen LogP contribution in [0.1, 0.15) is 58.8 Å². The molecule has 0 saturated heterocycles. The van der Waals surface area contributed by atoms with E-state index in [-0.39, 0.29) is 0 Å². The van der Waals surface area contributed by atoms with Crippen molar-refractivity contribution in [2.45, 2.75) is 64.8 Å². The minimum absolute atomic E-state index is 0.449. The van der Waals surface area contributed by atoms with Crippen molar-refractivity contribution in [1.29, 1.82) is 0 Å². The van der Waals surface area contributed by atoms with Gasteiger partial charge in [-0.3, -0.25) is 0 Å². The van der Waals surface area contributed by atoms with Crippen molar-refractivity contribution >= 4 is 0 Å². The number of nitrogens with one attached hydrogen (secondary N) is 1. The van der Waals surface area contributed by atoms with E-state index < -0.39 is 0 Å². The van der Waals surface area contributed by atoms with Gasteiger partial charge in [0.05, 0.1) is 0 Å². The Balaban J connectivity index is 1.68. The zero-order chi connectivity index (χ0) is 13.1. The second-order valence-corrected chi connectivity index (χ2v) is 8.27. The summed E-state index contributed by atoms with van der Waals surface area (Å²) in [4.78, 5) is 0. The van der Waals surface area contributed by atoms with E-state index in [0.717, 1.165) is 30.3 Å². The first-order chi connectivity index (χ1) is 9.13. The molecule has 4 rings (SSSR count). The third kappa shape index (κ3) is 1.63. The minimum atomic E-state index is 0.449. The van der Waals surface area contributed by atoms with Crippen molar-refractivity contribution in [3.63, 3.8) is 0 Å². The van der Waals surface area contributed by atoms with Gasteiger partial charge in [-0.1, -0.05) is 32.4 Å². The highest BCUT2D eigenvalue weighted by Gasteiger charge is 2.56. The third-order valence-corrected chi connectivity index (χ3v) is 7.52. The van der Waals surface area contributed by atoms with Crippen molar-refractivity contribution in [3.05, 3.63) is 12.2 Å². The van der Waals surface area contributed by atoms with Crippen LogP contribution in [0.2, 0.25) is 0 Å². The van der Waals surface area contributed by atoms with E-state index in [2.05, 4.69) is 31.3 Å². The Morgan fingerprint density at radius 2 is 1.89 bits per heavy atom. The number of fused-ring (bicyclic) bond motifs is 5. The molecule has 3 saturated carbocycles. The first-order valence-corrected chi connectivity index (χ1v) is 8.55. The highest BCUT2D eigenvalue weighted by Crippen LogP contribution is 2.63. The van der Waals surface area contributed by atoms with E-state index in [1.54, 1.807) is 0 Å². The molecule has 3 fully saturated rings. The summed E-state index contributed by atoms with van der Waals surface area (Å²) in [5.41, 5.74) is 1.15. The molecule has 0 aromatic heterocycles. The summed E-state index contributed by atoms with van der Waals surface area (Å²) < 4.78 is 0. The van der Waals surface area contributed by atoms with Gasteiger partial charge in [0.25, 0.3) is 0 Å². The monoisotopic (exact) mass is 259 g/mol. The standard InChI is InChI=1S/C18H29N/c1-17-9-3-5-14(17)13-6-7-16-18(2,10-4-12-19-16)15(13)8-11-17/h4,10,13-16,19H,3,5-9,11-12H2,1-2H3/t13-,14-,15-,16+,17-,18+/m0/s1. The van der Waals surface area contributed by atoms with Crippen molar-refractivity contribution in [2.24, 2.45) is 28.6 Å². The molecule has 0 bridgehead atoms. The van der Waals surface area contributed by atoms with Crippen molar-refractivity contribution in [3.8, 4) is 0 Å². The molecule has 106 valence electrons. The summed E-state index contributed by atoms with van der Waals surface area (Å²) in [6.07, 6.45) is 15.4. The average Bonchev–Trinajstić information content (AvgIpc) is 2.79. The van der Waals surface area contributed by atoms with Gasteiger partial charge in [0.2, 0.25) is 0 Å². The van der Waals surface area contributed by atoms with Crippen molar-refractivity contribution in [1.82, 2.24) is 5.32 Å². The molecule has 19 heavy (non-hydrogen) atoms. The van der Waals surface area contributed by atoms with Gasteiger partial charge >= 0.3 is 0 Å². The predicted octanol–water partition coefficient (Wildman–Crippen LogP) is 4.15. The fourth-order valence-electron chi connectivity index (χ4n) is 6.47. The van der Waals surface area contributed by atoms with Gasteiger partial charge in [0.1, 0.15) is 0 Å². The molecular weight excluding hydrogens is 230 g/mol. The summed E-state index contributed by atoms with van der Waals surface area (Å²) >= 11 is 0. The van der Waals surface area contributed by atoms with Gasteiger partial charge in [-0.15, -0.1) is 0 Å². The van der Waals surface area contributed by atoms with Gasteiger partial charge in [-0.25, -0.2) is 0 Å². The maximum absolute atomic E-state index is 3.78. The Bertz CT molecular complexity index is 400. The van der Waals surface area contributed by atoms with Crippen LogP contribution < -0.4 is 5.32 Å². The molecule has 1 heterocycles. The molecule has 0 radical (unpaired) electrons. The second-order valence-electron chi connectivity index (χ2n) is 8.27. The normalized spacial score (nSPS) is 56.3. The second kappa shape index (κ2) is 4.10. The Labute approximate surface area is 118 Å². The Kier molecular flexibility index (Phi) is 2.68. The van der Waals surface area contributed by atoms with E-state index in [0.29, 0.717) is 10.8 Å². The molecule has 0 aromatic carbocycles. The van der Waals surface area contributed by atoms with Gasteiger partial charge < -0.3 is 5.32 Å². The number of hydrogen-bond acceptors (Lipinski definition) is 1. The Morgan fingerprint density at radius 1 is 1.00 bits per heavy atom. The molecule has 0 aromatic rings. The Hall–Kier alpha value is -0.300. The van der Waals surface area contributed by atoms with Crippen LogP contribution in [0, 0.1) is 28.6 Å². The van der Waals surface area contributed by atoms with Crippen LogP contribution in [-0.4, -0.2) is 12.6 Å². The highest BCUT2D eigenvalue weighted by atomic mass is 14.9. The number of hydrogen-bond donors (Lipinski definition) is 1.